The summed E-state index contributed by atoms with van der Waals surface area (Å²) in [5, 5.41) is 3.49. The first-order valence-electron chi connectivity index (χ1n) is 7.51. The van der Waals surface area contributed by atoms with E-state index in [9.17, 15) is 4.39 Å². The number of benzene rings is 2. The molecule has 1 saturated carbocycles. The van der Waals surface area contributed by atoms with Crippen molar-refractivity contribution in [3.05, 3.63) is 53.8 Å². The SMILES string of the molecule is CCOc1cccc(-c2cc(F)ccc2CNC2CC2)c1. The zero-order valence-corrected chi connectivity index (χ0v) is 12.2. The molecular weight excluding hydrogens is 265 g/mol. The molecule has 110 valence electrons. The molecule has 0 atom stereocenters. The van der Waals surface area contributed by atoms with E-state index in [0.717, 1.165) is 29.0 Å². The third-order valence-corrected chi connectivity index (χ3v) is 3.69. The van der Waals surface area contributed by atoms with Crippen LogP contribution in [0.5, 0.6) is 5.75 Å². The summed E-state index contributed by atoms with van der Waals surface area (Å²) in [6.07, 6.45) is 2.49. The van der Waals surface area contributed by atoms with Crippen LogP contribution >= 0.6 is 0 Å². The van der Waals surface area contributed by atoms with E-state index in [0.29, 0.717) is 12.6 Å². The largest absolute Gasteiger partial charge is 0.494 e. The fourth-order valence-electron chi connectivity index (χ4n) is 2.43. The van der Waals surface area contributed by atoms with Crippen LogP contribution in [0.1, 0.15) is 25.3 Å². The Balaban J connectivity index is 1.90. The normalized spacial score (nSPS) is 14.2. The molecule has 1 aliphatic rings. The number of nitrogens with one attached hydrogen (secondary N) is 1. The van der Waals surface area contributed by atoms with Crippen LogP contribution < -0.4 is 10.1 Å². The molecule has 1 N–H and O–H groups in total. The Kier molecular flexibility index (Phi) is 4.20. The van der Waals surface area contributed by atoms with Gasteiger partial charge in [-0.3, -0.25) is 0 Å². The fourth-order valence-corrected chi connectivity index (χ4v) is 2.43. The van der Waals surface area contributed by atoms with Crippen LogP contribution in [0.4, 0.5) is 4.39 Å². The molecule has 1 aliphatic carbocycles. The Morgan fingerprint density at radius 1 is 1.19 bits per heavy atom. The molecule has 2 nitrogen and oxygen atoms in total. The van der Waals surface area contributed by atoms with Gasteiger partial charge in [-0.25, -0.2) is 4.39 Å². The van der Waals surface area contributed by atoms with Crippen molar-refractivity contribution in [1.82, 2.24) is 5.32 Å². The Hall–Kier alpha value is -1.87. The van der Waals surface area contributed by atoms with Gasteiger partial charge in [0, 0.05) is 12.6 Å². The number of halogens is 1. The van der Waals surface area contributed by atoms with E-state index in [1.807, 2.05) is 37.3 Å². The van der Waals surface area contributed by atoms with Crippen molar-refractivity contribution in [3.8, 4) is 16.9 Å². The van der Waals surface area contributed by atoms with Crippen LogP contribution in [0.2, 0.25) is 0 Å². The molecule has 0 unspecified atom stereocenters. The molecule has 0 saturated heterocycles. The summed E-state index contributed by atoms with van der Waals surface area (Å²) in [7, 11) is 0. The molecule has 1 fully saturated rings. The lowest BCUT2D eigenvalue weighted by atomic mass is 9.99. The monoisotopic (exact) mass is 285 g/mol. The van der Waals surface area contributed by atoms with Crippen molar-refractivity contribution >= 4 is 0 Å². The van der Waals surface area contributed by atoms with Gasteiger partial charge in [-0.1, -0.05) is 18.2 Å². The quantitative estimate of drug-likeness (QED) is 0.861. The zero-order chi connectivity index (χ0) is 14.7. The summed E-state index contributed by atoms with van der Waals surface area (Å²) in [5.41, 5.74) is 3.05. The second kappa shape index (κ2) is 6.27. The number of hydrogen-bond donors (Lipinski definition) is 1. The lowest BCUT2D eigenvalue weighted by molar-refractivity contribution is 0.340. The number of rotatable bonds is 6. The van der Waals surface area contributed by atoms with Crippen LogP contribution in [0.3, 0.4) is 0 Å². The molecule has 3 rings (SSSR count). The summed E-state index contributed by atoms with van der Waals surface area (Å²) >= 11 is 0. The first kappa shape index (κ1) is 14.1. The Labute approximate surface area is 125 Å². The van der Waals surface area contributed by atoms with E-state index in [-0.39, 0.29) is 5.82 Å². The standard InChI is InChI=1S/C18H20FNO/c1-2-21-17-5-3-4-13(10-17)18-11-15(19)7-6-14(18)12-20-16-8-9-16/h3-7,10-11,16,20H,2,8-9,12H2,1H3. The van der Waals surface area contributed by atoms with Gasteiger partial charge < -0.3 is 10.1 Å². The molecule has 0 aromatic heterocycles. The van der Waals surface area contributed by atoms with Crippen molar-refractivity contribution < 1.29 is 9.13 Å². The van der Waals surface area contributed by atoms with Crippen molar-refractivity contribution in [3.63, 3.8) is 0 Å². The topological polar surface area (TPSA) is 21.3 Å². The summed E-state index contributed by atoms with van der Waals surface area (Å²) in [5.74, 6) is 0.613. The Morgan fingerprint density at radius 2 is 2.05 bits per heavy atom. The highest BCUT2D eigenvalue weighted by Gasteiger charge is 2.20. The van der Waals surface area contributed by atoms with Crippen LogP contribution in [0.15, 0.2) is 42.5 Å². The van der Waals surface area contributed by atoms with Crippen LogP contribution in [0.25, 0.3) is 11.1 Å². The molecule has 21 heavy (non-hydrogen) atoms. The molecule has 0 spiro atoms. The maximum absolute atomic E-state index is 13.6. The van der Waals surface area contributed by atoms with Crippen LogP contribution in [0, 0.1) is 5.82 Å². The van der Waals surface area contributed by atoms with Gasteiger partial charge in [-0.15, -0.1) is 0 Å². The van der Waals surface area contributed by atoms with E-state index < -0.39 is 0 Å². The second-order valence-electron chi connectivity index (χ2n) is 5.42. The number of hydrogen-bond acceptors (Lipinski definition) is 2. The van der Waals surface area contributed by atoms with E-state index in [1.54, 1.807) is 6.07 Å². The first-order chi connectivity index (χ1) is 10.3. The highest BCUT2D eigenvalue weighted by atomic mass is 19.1. The highest BCUT2D eigenvalue weighted by molar-refractivity contribution is 5.68. The first-order valence-corrected chi connectivity index (χ1v) is 7.51. The molecule has 2 aromatic rings. The average Bonchev–Trinajstić information content (AvgIpc) is 3.31. The van der Waals surface area contributed by atoms with Crippen molar-refractivity contribution in [2.45, 2.75) is 32.4 Å². The Bertz CT molecular complexity index is 622. The Morgan fingerprint density at radius 3 is 2.81 bits per heavy atom. The number of ether oxygens (including phenoxy) is 1. The van der Waals surface area contributed by atoms with Gasteiger partial charge >= 0.3 is 0 Å². The van der Waals surface area contributed by atoms with Gasteiger partial charge in [-0.2, -0.15) is 0 Å². The smallest absolute Gasteiger partial charge is 0.123 e. The van der Waals surface area contributed by atoms with Gasteiger partial charge in [0.25, 0.3) is 0 Å². The van der Waals surface area contributed by atoms with Crippen LogP contribution in [-0.4, -0.2) is 12.6 Å². The van der Waals surface area contributed by atoms with E-state index >= 15 is 0 Å². The van der Waals surface area contributed by atoms with Gasteiger partial charge in [0.05, 0.1) is 6.61 Å². The summed E-state index contributed by atoms with van der Waals surface area (Å²) < 4.78 is 19.2. The lowest BCUT2D eigenvalue weighted by Gasteiger charge is -2.12. The molecule has 0 aliphatic heterocycles. The average molecular weight is 285 g/mol. The lowest BCUT2D eigenvalue weighted by Crippen LogP contribution is -2.15. The fraction of sp³-hybridized carbons (Fsp3) is 0.333. The molecular formula is C18H20FNO. The van der Waals surface area contributed by atoms with Crippen molar-refractivity contribution in [2.24, 2.45) is 0 Å². The van der Waals surface area contributed by atoms with Crippen molar-refractivity contribution in [1.29, 1.82) is 0 Å². The minimum atomic E-state index is -0.206. The van der Waals surface area contributed by atoms with E-state index in [2.05, 4.69) is 5.32 Å². The third kappa shape index (κ3) is 3.61. The summed E-state index contributed by atoms with van der Waals surface area (Å²) in [6.45, 7) is 3.36. The van der Waals surface area contributed by atoms with Gasteiger partial charge in [0.1, 0.15) is 11.6 Å². The zero-order valence-electron chi connectivity index (χ0n) is 12.2. The molecule has 2 aromatic carbocycles. The van der Waals surface area contributed by atoms with Crippen LogP contribution in [-0.2, 0) is 6.54 Å². The second-order valence-corrected chi connectivity index (χ2v) is 5.42. The van der Waals surface area contributed by atoms with Crippen molar-refractivity contribution in [2.75, 3.05) is 6.61 Å². The minimum Gasteiger partial charge on any atom is -0.494 e. The van der Waals surface area contributed by atoms with E-state index in [4.69, 9.17) is 4.74 Å². The predicted molar refractivity (Wildman–Crippen MR) is 82.9 cm³/mol. The van der Waals surface area contributed by atoms with E-state index in [1.165, 1.54) is 18.9 Å². The van der Waals surface area contributed by atoms with Gasteiger partial charge in [0.15, 0.2) is 0 Å². The molecule has 0 amide bonds. The maximum Gasteiger partial charge on any atom is 0.123 e. The summed E-state index contributed by atoms with van der Waals surface area (Å²) in [4.78, 5) is 0. The van der Waals surface area contributed by atoms with Gasteiger partial charge in [-0.05, 0) is 60.7 Å². The molecule has 0 heterocycles. The molecule has 0 bridgehead atoms. The third-order valence-electron chi connectivity index (χ3n) is 3.69. The highest BCUT2D eigenvalue weighted by Crippen LogP contribution is 2.29. The predicted octanol–water partition coefficient (Wildman–Crippen LogP) is 4.14. The minimum absolute atomic E-state index is 0.206. The maximum atomic E-state index is 13.6. The summed E-state index contributed by atoms with van der Waals surface area (Å²) in [6, 6.07) is 13.5. The van der Waals surface area contributed by atoms with Gasteiger partial charge in [0.2, 0.25) is 0 Å². The molecule has 3 heteroatoms. The molecule has 0 radical (unpaired) electrons.